The monoisotopic (exact) mass is 416 g/mol. The number of aliphatic hydroxyl groups is 1. The maximum atomic E-state index is 14.0. The Bertz CT molecular complexity index is 908. The van der Waals surface area contributed by atoms with Crippen LogP contribution in [0.15, 0.2) is 42.5 Å². The van der Waals surface area contributed by atoms with Gasteiger partial charge >= 0.3 is 6.09 Å². The molecule has 0 saturated carbocycles. The molecule has 0 aromatic heterocycles. The van der Waals surface area contributed by atoms with E-state index in [0.29, 0.717) is 31.5 Å². The summed E-state index contributed by atoms with van der Waals surface area (Å²) in [6.07, 6.45) is 0.120. The molecule has 2 aromatic rings. The van der Waals surface area contributed by atoms with Crippen molar-refractivity contribution in [3.8, 4) is 16.9 Å². The lowest BCUT2D eigenvalue weighted by atomic mass is 9.84. The Balaban J connectivity index is 1.63. The van der Waals surface area contributed by atoms with Crippen molar-refractivity contribution >= 4 is 12.0 Å². The van der Waals surface area contributed by atoms with Gasteiger partial charge in [-0.25, -0.2) is 9.18 Å². The van der Waals surface area contributed by atoms with E-state index in [-0.39, 0.29) is 18.3 Å². The van der Waals surface area contributed by atoms with Gasteiger partial charge in [0.2, 0.25) is 0 Å². The molecule has 1 aliphatic heterocycles. The van der Waals surface area contributed by atoms with Crippen molar-refractivity contribution in [2.24, 2.45) is 0 Å². The molecular weight excluding hydrogens is 391 g/mol. The molecule has 1 aliphatic rings. The number of likely N-dealkylation sites (tertiary alicyclic amines) is 1. The van der Waals surface area contributed by atoms with Crippen LogP contribution in [-0.2, 0) is 15.1 Å². The molecule has 3 rings (SSSR count). The summed E-state index contributed by atoms with van der Waals surface area (Å²) in [4.78, 5) is 24.7. The van der Waals surface area contributed by atoms with Crippen LogP contribution in [0, 0.1) is 5.82 Å². The van der Waals surface area contributed by atoms with Crippen LogP contribution in [0.3, 0.4) is 0 Å². The van der Waals surface area contributed by atoms with Gasteiger partial charge in [-0.05, 0) is 41.7 Å². The summed E-state index contributed by atoms with van der Waals surface area (Å²) in [5, 5.41) is 13.4. The molecule has 0 unspecified atom stereocenters. The smallest absolute Gasteiger partial charge is 0.410 e. The Morgan fingerprint density at radius 2 is 1.77 bits per heavy atom. The molecule has 0 atom stereocenters. The van der Waals surface area contributed by atoms with Crippen LogP contribution in [0.5, 0.6) is 5.75 Å². The predicted octanol–water partition coefficient (Wildman–Crippen LogP) is 2.67. The first kappa shape index (κ1) is 21.6. The Morgan fingerprint density at radius 3 is 2.33 bits per heavy atom. The van der Waals surface area contributed by atoms with Crippen LogP contribution < -0.4 is 10.1 Å². The number of hydrogen-bond donors (Lipinski definition) is 2. The van der Waals surface area contributed by atoms with Crippen molar-refractivity contribution in [2.45, 2.75) is 18.4 Å². The standard InChI is InChI=1S/C22H25FN2O5/c1-24-20(26)14-30-21(27)25-11-9-22(28,10-12-25)17-6-3-15(4-7-17)16-5-8-19(29-2)18(23)13-16/h3-8,13,28H,9-12,14H2,1-2H3,(H,24,26). The summed E-state index contributed by atoms with van der Waals surface area (Å²) in [7, 11) is 2.88. The second kappa shape index (κ2) is 9.13. The predicted molar refractivity (Wildman–Crippen MR) is 109 cm³/mol. The lowest BCUT2D eigenvalue weighted by Crippen LogP contribution is -2.45. The maximum absolute atomic E-state index is 14.0. The third kappa shape index (κ3) is 4.71. The number of nitrogens with one attached hydrogen (secondary N) is 1. The number of likely N-dealkylation sites (N-methyl/N-ethyl adjacent to an activating group) is 1. The van der Waals surface area contributed by atoms with Gasteiger partial charge in [0.05, 0.1) is 12.7 Å². The number of amides is 2. The minimum Gasteiger partial charge on any atom is -0.494 e. The van der Waals surface area contributed by atoms with Crippen molar-refractivity contribution in [1.29, 1.82) is 0 Å². The zero-order valence-corrected chi connectivity index (χ0v) is 17.0. The Hall–Kier alpha value is -3.13. The number of carbonyl (C=O) groups is 2. The summed E-state index contributed by atoms with van der Waals surface area (Å²) in [5.74, 6) is -0.632. The van der Waals surface area contributed by atoms with Crippen molar-refractivity contribution in [3.05, 3.63) is 53.8 Å². The van der Waals surface area contributed by atoms with E-state index < -0.39 is 17.5 Å². The van der Waals surface area contributed by atoms with Crippen LogP contribution in [0.2, 0.25) is 0 Å². The molecule has 7 nitrogen and oxygen atoms in total. The molecule has 0 radical (unpaired) electrons. The molecule has 2 aromatic carbocycles. The third-order valence-electron chi connectivity index (χ3n) is 5.36. The van der Waals surface area contributed by atoms with Gasteiger partial charge in [-0.15, -0.1) is 0 Å². The Kier molecular flexibility index (Phi) is 6.56. The lowest BCUT2D eigenvalue weighted by molar-refractivity contribution is -0.124. The van der Waals surface area contributed by atoms with E-state index in [2.05, 4.69) is 5.32 Å². The first-order valence-corrected chi connectivity index (χ1v) is 9.65. The lowest BCUT2D eigenvalue weighted by Gasteiger charge is -2.38. The van der Waals surface area contributed by atoms with E-state index in [1.165, 1.54) is 25.1 Å². The molecule has 0 spiro atoms. The molecule has 0 bridgehead atoms. The van der Waals surface area contributed by atoms with Crippen LogP contribution >= 0.6 is 0 Å². The number of rotatable bonds is 5. The van der Waals surface area contributed by atoms with Crippen molar-refractivity contribution in [1.82, 2.24) is 10.2 Å². The molecule has 1 fully saturated rings. The zero-order valence-electron chi connectivity index (χ0n) is 17.0. The third-order valence-corrected chi connectivity index (χ3v) is 5.36. The average molecular weight is 416 g/mol. The molecule has 0 aliphatic carbocycles. The van der Waals surface area contributed by atoms with E-state index >= 15 is 0 Å². The molecule has 1 saturated heterocycles. The highest BCUT2D eigenvalue weighted by Crippen LogP contribution is 2.34. The summed E-state index contributed by atoms with van der Waals surface area (Å²) in [6, 6.07) is 12.1. The summed E-state index contributed by atoms with van der Waals surface area (Å²) in [5.41, 5.74) is 1.19. The van der Waals surface area contributed by atoms with Crippen molar-refractivity contribution < 1.29 is 28.6 Å². The average Bonchev–Trinajstić information content (AvgIpc) is 2.77. The molecule has 30 heavy (non-hydrogen) atoms. The fourth-order valence-electron chi connectivity index (χ4n) is 3.46. The van der Waals surface area contributed by atoms with E-state index in [1.54, 1.807) is 12.1 Å². The number of hydrogen-bond acceptors (Lipinski definition) is 5. The zero-order chi connectivity index (χ0) is 21.7. The van der Waals surface area contributed by atoms with E-state index in [4.69, 9.17) is 9.47 Å². The van der Waals surface area contributed by atoms with Gasteiger partial charge in [-0.1, -0.05) is 30.3 Å². The highest BCUT2D eigenvalue weighted by Gasteiger charge is 2.36. The highest BCUT2D eigenvalue weighted by molar-refractivity contribution is 5.79. The van der Waals surface area contributed by atoms with Crippen LogP contribution in [0.4, 0.5) is 9.18 Å². The number of benzene rings is 2. The van der Waals surface area contributed by atoms with Crippen molar-refractivity contribution in [3.63, 3.8) is 0 Å². The second-order valence-corrected chi connectivity index (χ2v) is 7.17. The highest BCUT2D eigenvalue weighted by atomic mass is 19.1. The normalized spacial score (nSPS) is 15.4. The number of piperidine rings is 1. The summed E-state index contributed by atoms with van der Waals surface area (Å²) in [6.45, 7) is 0.298. The van der Waals surface area contributed by atoms with Crippen LogP contribution in [0.1, 0.15) is 18.4 Å². The van der Waals surface area contributed by atoms with Gasteiger partial charge in [0, 0.05) is 20.1 Å². The number of methoxy groups -OCH3 is 1. The molecule has 1 heterocycles. The number of carbonyl (C=O) groups excluding carboxylic acids is 2. The van der Waals surface area contributed by atoms with Gasteiger partial charge in [0.25, 0.3) is 5.91 Å². The molecule has 8 heteroatoms. The van der Waals surface area contributed by atoms with Gasteiger partial charge in [-0.2, -0.15) is 0 Å². The first-order valence-electron chi connectivity index (χ1n) is 9.65. The number of halogens is 1. The van der Waals surface area contributed by atoms with E-state index in [0.717, 1.165) is 11.1 Å². The van der Waals surface area contributed by atoms with Crippen LogP contribution in [-0.4, -0.2) is 55.9 Å². The molecule has 2 N–H and O–H groups in total. The fourth-order valence-corrected chi connectivity index (χ4v) is 3.46. The molecule has 2 amide bonds. The quantitative estimate of drug-likeness (QED) is 0.783. The summed E-state index contributed by atoms with van der Waals surface area (Å²) >= 11 is 0. The van der Waals surface area contributed by atoms with Gasteiger partial charge in [0.15, 0.2) is 18.2 Å². The number of ether oxygens (including phenoxy) is 2. The van der Waals surface area contributed by atoms with Gasteiger partial charge in [-0.3, -0.25) is 4.79 Å². The largest absolute Gasteiger partial charge is 0.494 e. The SMILES string of the molecule is CNC(=O)COC(=O)N1CCC(O)(c2ccc(-c3ccc(OC)c(F)c3)cc2)CC1. The van der Waals surface area contributed by atoms with Crippen molar-refractivity contribution in [2.75, 3.05) is 33.9 Å². The van der Waals surface area contributed by atoms with Gasteiger partial charge in [0.1, 0.15) is 0 Å². The topological polar surface area (TPSA) is 88.1 Å². The molecular formula is C22H25FN2O5. The number of nitrogens with zero attached hydrogens (tertiary/aromatic N) is 1. The molecule has 160 valence electrons. The first-order chi connectivity index (χ1) is 14.4. The summed E-state index contributed by atoms with van der Waals surface area (Å²) < 4.78 is 23.9. The van der Waals surface area contributed by atoms with E-state index in [1.807, 2.05) is 24.3 Å². The Morgan fingerprint density at radius 1 is 1.13 bits per heavy atom. The minimum atomic E-state index is -1.07. The van der Waals surface area contributed by atoms with Crippen LogP contribution in [0.25, 0.3) is 11.1 Å². The second-order valence-electron chi connectivity index (χ2n) is 7.17. The minimum absolute atomic E-state index is 0.185. The Labute approximate surface area is 174 Å². The fraction of sp³-hybridized carbons (Fsp3) is 0.364. The maximum Gasteiger partial charge on any atom is 0.410 e. The van der Waals surface area contributed by atoms with E-state index in [9.17, 15) is 19.1 Å². The van der Waals surface area contributed by atoms with Gasteiger partial charge < -0.3 is 24.8 Å².